The number of nitrogens with zero attached hydrogens (tertiary/aromatic N) is 1. The number of phenolic OH excluding ortho intramolecular Hbond substituents is 1. The van der Waals surface area contributed by atoms with E-state index in [1.807, 2.05) is 0 Å². The van der Waals surface area contributed by atoms with Crippen LogP contribution in [0.4, 0.5) is 5.69 Å². The third-order valence-corrected chi connectivity index (χ3v) is 4.75. The lowest BCUT2D eigenvalue weighted by Crippen LogP contribution is -2.49. The van der Waals surface area contributed by atoms with Gasteiger partial charge in [-0.05, 0) is 30.4 Å². The van der Waals surface area contributed by atoms with Gasteiger partial charge in [-0.2, -0.15) is 0 Å². The lowest BCUT2D eigenvalue weighted by Gasteiger charge is -2.36. The summed E-state index contributed by atoms with van der Waals surface area (Å²) in [5.74, 6) is -0.917. The van der Waals surface area contributed by atoms with Crippen LogP contribution in [0.15, 0.2) is 24.3 Å². The molecule has 1 aliphatic carbocycles. The molecule has 1 aromatic rings. The number of rotatable bonds is 3. The number of phenols is 1. The number of aromatic hydroxyl groups is 1. The zero-order valence-corrected chi connectivity index (χ0v) is 12.9. The maximum absolute atomic E-state index is 12.3. The van der Waals surface area contributed by atoms with E-state index in [0.29, 0.717) is 18.5 Å². The molecular formula is C17H20N2O4. The second-order valence-corrected chi connectivity index (χ2v) is 6.53. The summed E-state index contributed by atoms with van der Waals surface area (Å²) in [6, 6.07) is 6.14. The Kier molecular flexibility index (Phi) is 4.07. The third-order valence-electron chi connectivity index (χ3n) is 4.75. The molecule has 23 heavy (non-hydrogen) atoms. The van der Waals surface area contributed by atoms with Crippen LogP contribution in [0.3, 0.4) is 0 Å². The summed E-state index contributed by atoms with van der Waals surface area (Å²) >= 11 is 0. The van der Waals surface area contributed by atoms with Crippen molar-refractivity contribution in [1.82, 2.24) is 4.90 Å². The highest BCUT2D eigenvalue weighted by atomic mass is 16.3. The largest absolute Gasteiger partial charge is 0.508 e. The van der Waals surface area contributed by atoms with E-state index >= 15 is 0 Å². The Bertz CT molecular complexity index is 630. The molecule has 0 unspecified atom stereocenters. The van der Waals surface area contributed by atoms with Crippen LogP contribution in [-0.4, -0.2) is 34.3 Å². The van der Waals surface area contributed by atoms with Crippen LogP contribution in [0.2, 0.25) is 0 Å². The first-order chi connectivity index (χ1) is 11.0. The summed E-state index contributed by atoms with van der Waals surface area (Å²) in [7, 11) is 0. The van der Waals surface area contributed by atoms with Gasteiger partial charge in [0.15, 0.2) is 0 Å². The summed E-state index contributed by atoms with van der Waals surface area (Å²) in [5, 5.41) is 12.0. The maximum atomic E-state index is 12.3. The molecule has 2 fully saturated rings. The molecule has 3 rings (SSSR count). The van der Waals surface area contributed by atoms with Gasteiger partial charge >= 0.3 is 0 Å². The van der Waals surface area contributed by atoms with Gasteiger partial charge in [-0.15, -0.1) is 0 Å². The molecule has 3 amide bonds. The molecule has 1 heterocycles. The summed E-state index contributed by atoms with van der Waals surface area (Å²) in [6.07, 6.45) is 4.70. The molecule has 6 heteroatoms. The van der Waals surface area contributed by atoms with Crippen molar-refractivity contribution in [3.8, 4) is 5.75 Å². The molecule has 6 nitrogen and oxygen atoms in total. The number of nitrogens with one attached hydrogen (secondary N) is 1. The SMILES string of the molecule is O=C(CN1C(=O)CC2(CCCC2)CC1=O)Nc1cccc(O)c1. The van der Waals surface area contributed by atoms with Crippen molar-refractivity contribution >= 4 is 23.4 Å². The molecule has 1 saturated carbocycles. The Labute approximate surface area is 134 Å². The van der Waals surface area contributed by atoms with Crippen molar-refractivity contribution < 1.29 is 19.5 Å². The lowest BCUT2D eigenvalue weighted by molar-refractivity contribution is -0.155. The number of benzene rings is 1. The normalized spacial score (nSPS) is 20.1. The van der Waals surface area contributed by atoms with Crippen LogP contribution in [0.1, 0.15) is 38.5 Å². The minimum atomic E-state index is -0.445. The number of carbonyl (C=O) groups is 3. The highest BCUT2D eigenvalue weighted by molar-refractivity contribution is 6.04. The number of anilines is 1. The van der Waals surface area contributed by atoms with E-state index in [1.54, 1.807) is 12.1 Å². The highest BCUT2D eigenvalue weighted by Gasteiger charge is 2.45. The monoisotopic (exact) mass is 316 g/mol. The van der Waals surface area contributed by atoms with Crippen LogP contribution in [0, 0.1) is 5.41 Å². The fourth-order valence-electron chi connectivity index (χ4n) is 3.62. The number of hydrogen-bond acceptors (Lipinski definition) is 4. The van der Waals surface area contributed by atoms with Crippen molar-refractivity contribution in [3.05, 3.63) is 24.3 Å². The summed E-state index contributed by atoms with van der Waals surface area (Å²) in [6.45, 7) is -0.274. The van der Waals surface area contributed by atoms with Gasteiger partial charge in [0.05, 0.1) is 0 Å². The predicted molar refractivity (Wildman–Crippen MR) is 83.6 cm³/mol. The van der Waals surface area contributed by atoms with Gasteiger partial charge < -0.3 is 10.4 Å². The van der Waals surface area contributed by atoms with Crippen molar-refractivity contribution in [3.63, 3.8) is 0 Å². The molecule has 2 N–H and O–H groups in total. The van der Waals surface area contributed by atoms with Crippen molar-refractivity contribution in [2.75, 3.05) is 11.9 Å². The minimum absolute atomic E-state index is 0.0381. The molecule has 1 spiro atoms. The average molecular weight is 316 g/mol. The number of hydrogen-bond donors (Lipinski definition) is 2. The van der Waals surface area contributed by atoms with E-state index in [9.17, 15) is 19.5 Å². The highest BCUT2D eigenvalue weighted by Crippen LogP contribution is 2.46. The van der Waals surface area contributed by atoms with Gasteiger partial charge in [-0.3, -0.25) is 19.3 Å². The van der Waals surface area contributed by atoms with E-state index in [-0.39, 0.29) is 29.5 Å². The second kappa shape index (κ2) is 6.02. The van der Waals surface area contributed by atoms with E-state index in [4.69, 9.17) is 0 Å². The van der Waals surface area contributed by atoms with Crippen LogP contribution >= 0.6 is 0 Å². The number of imide groups is 1. The number of likely N-dealkylation sites (tertiary alicyclic amines) is 1. The smallest absolute Gasteiger partial charge is 0.244 e. The first kappa shape index (κ1) is 15.5. The van der Waals surface area contributed by atoms with Crippen LogP contribution in [0.25, 0.3) is 0 Å². The van der Waals surface area contributed by atoms with Crippen molar-refractivity contribution in [2.24, 2.45) is 5.41 Å². The molecule has 2 aliphatic rings. The van der Waals surface area contributed by atoms with E-state index < -0.39 is 5.91 Å². The Morgan fingerprint density at radius 2 is 1.83 bits per heavy atom. The predicted octanol–water partition coefficient (Wildman–Crippen LogP) is 2.04. The third kappa shape index (κ3) is 3.36. The van der Waals surface area contributed by atoms with Gasteiger partial charge in [0.25, 0.3) is 0 Å². The van der Waals surface area contributed by atoms with Crippen molar-refractivity contribution in [1.29, 1.82) is 0 Å². The van der Waals surface area contributed by atoms with Gasteiger partial charge in [0.1, 0.15) is 12.3 Å². The van der Waals surface area contributed by atoms with Gasteiger partial charge in [-0.25, -0.2) is 0 Å². The zero-order valence-electron chi connectivity index (χ0n) is 12.9. The number of carbonyl (C=O) groups excluding carboxylic acids is 3. The molecule has 0 bridgehead atoms. The van der Waals surface area contributed by atoms with Gasteiger partial charge in [-0.1, -0.05) is 18.9 Å². The Morgan fingerprint density at radius 3 is 2.43 bits per heavy atom. The number of piperidine rings is 1. The molecule has 122 valence electrons. The molecule has 0 atom stereocenters. The van der Waals surface area contributed by atoms with Crippen molar-refractivity contribution in [2.45, 2.75) is 38.5 Å². The Hall–Kier alpha value is -2.37. The first-order valence-electron chi connectivity index (χ1n) is 7.90. The fourth-order valence-corrected chi connectivity index (χ4v) is 3.62. The Morgan fingerprint density at radius 1 is 1.17 bits per heavy atom. The van der Waals surface area contributed by atoms with Gasteiger partial charge in [0.2, 0.25) is 17.7 Å². The zero-order chi connectivity index (χ0) is 16.4. The fraction of sp³-hybridized carbons (Fsp3) is 0.471. The molecule has 0 aromatic heterocycles. The maximum Gasteiger partial charge on any atom is 0.244 e. The Balaban J connectivity index is 1.62. The van der Waals surface area contributed by atoms with Crippen LogP contribution in [0.5, 0.6) is 5.75 Å². The average Bonchev–Trinajstić information content (AvgIpc) is 2.91. The quantitative estimate of drug-likeness (QED) is 0.836. The lowest BCUT2D eigenvalue weighted by atomic mass is 9.76. The first-order valence-corrected chi connectivity index (χ1v) is 7.90. The molecule has 1 saturated heterocycles. The van der Waals surface area contributed by atoms with Crippen LogP contribution in [-0.2, 0) is 14.4 Å². The summed E-state index contributed by atoms with van der Waals surface area (Å²) in [4.78, 5) is 37.7. The molecule has 1 aromatic carbocycles. The number of amides is 3. The van der Waals surface area contributed by atoms with Gasteiger partial charge in [0, 0.05) is 24.6 Å². The summed E-state index contributed by atoms with van der Waals surface area (Å²) in [5.41, 5.74) is 0.269. The van der Waals surface area contributed by atoms with Crippen LogP contribution < -0.4 is 5.32 Å². The van der Waals surface area contributed by atoms with E-state index in [2.05, 4.69) is 5.32 Å². The molecule has 0 radical (unpaired) electrons. The molecular weight excluding hydrogens is 296 g/mol. The minimum Gasteiger partial charge on any atom is -0.508 e. The standard InChI is InChI=1S/C17H20N2O4/c20-13-5-3-4-12(8-13)18-14(21)11-19-15(22)9-17(10-16(19)23)6-1-2-7-17/h3-5,8,20H,1-2,6-7,9-11H2,(H,18,21). The summed E-state index contributed by atoms with van der Waals surface area (Å²) < 4.78 is 0. The second-order valence-electron chi connectivity index (χ2n) is 6.53. The topological polar surface area (TPSA) is 86.7 Å². The van der Waals surface area contributed by atoms with E-state index in [1.165, 1.54) is 12.1 Å². The van der Waals surface area contributed by atoms with E-state index in [0.717, 1.165) is 30.6 Å². The molecule has 1 aliphatic heterocycles.